The molecule has 0 bridgehead atoms. The maximum atomic E-state index is 12.6. The van der Waals surface area contributed by atoms with E-state index < -0.39 is 12.7 Å². The van der Waals surface area contributed by atoms with Crippen LogP contribution in [-0.4, -0.2) is 37.4 Å². The Labute approximate surface area is 131 Å². The fraction of sp³-hybridized carbons (Fsp3) is 0.500. The molecule has 0 aliphatic carbocycles. The van der Waals surface area contributed by atoms with E-state index in [0.717, 1.165) is 29.6 Å². The lowest BCUT2D eigenvalue weighted by Crippen LogP contribution is -2.27. The predicted octanol–water partition coefficient (Wildman–Crippen LogP) is 2.15. The topological polar surface area (TPSA) is 72.9 Å². The summed E-state index contributed by atoms with van der Waals surface area (Å²) in [7, 11) is 0. The van der Waals surface area contributed by atoms with Crippen LogP contribution in [0.25, 0.3) is 0 Å². The summed E-state index contributed by atoms with van der Waals surface area (Å²) in [4.78, 5) is 6.15. The van der Waals surface area contributed by atoms with E-state index in [2.05, 4.69) is 20.1 Å². The molecule has 3 heterocycles. The van der Waals surface area contributed by atoms with E-state index >= 15 is 0 Å². The Morgan fingerprint density at radius 3 is 2.78 bits per heavy atom. The molecule has 23 heavy (non-hydrogen) atoms. The fourth-order valence-electron chi connectivity index (χ4n) is 2.89. The molecule has 1 unspecified atom stereocenters. The summed E-state index contributed by atoms with van der Waals surface area (Å²) in [6.07, 6.45) is 0.337. The Kier molecular flexibility index (Phi) is 4.20. The minimum Gasteiger partial charge on any atom is -0.382 e. The third-order valence-corrected chi connectivity index (χ3v) is 3.91. The molecule has 2 aromatic heterocycles. The van der Waals surface area contributed by atoms with E-state index in [0.29, 0.717) is 18.2 Å². The number of nitrogens with zero attached hydrogens (tertiary/aromatic N) is 5. The summed E-state index contributed by atoms with van der Waals surface area (Å²) in [6, 6.07) is 3.52. The molecule has 0 spiro atoms. The van der Waals surface area contributed by atoms with Crippen LogP contribution in [0.4, 0.5) is 19.0 Å². The van der Waals surface area contributed by atoms with Crippen molar-refractivity contribution in [3.8, 4) is 0 Å². The van der Waals surface area contributed by atoms with E-state index in [-0.39, 0.29) is 6.04 Å². The highest BCUT2D eigenvalue weighted by Gasteiger charge is 2.31. The SMILES string of the molecule is Nc1ccc(C2CCCN2Cc2nccn2CC(F)(F)F)nn1. The van der Waals surface area contributed by atoms with Crippen LogP contribution < -0.4 is 5.73 Å². The van der Waals surface area contributed by atoms with Gasteiger partial charge in [-0.2, -0.15) is 18.3 Å². The lowest BCUT2D eigenvalue weighted by molar-refractivity contribution is -0.141. The Morgan fingerprint density at radius 2 is 2.09 bits per heavy atom. The highest BCUT2D eigenvalue weighted by molar-refractivity contribution is 5.26. The first-order chi connectivity index (χ1) is 10.9. The first-order valence-corrected chi connectivity index (χ1v) is 7.32. The lowest BCUT2D eigenvalue weighted by atomic mass is 10.1. The number of imidazole rings is 1. The number of nitrogen functional groups attached to an aromatic ring is 1. The van der Waals surface area contributed by atoms with Gasteiger partial charge >= 0.3 is 6.18 Å². The minimum atomic E-state index is -4.26. The summed E-state index contributed by atoms with van der Waals surface area (Å²) in [5.41, 5.74) is 6.32. The zero-order chi connectivity index (χ0) is 16.4. The summed E-state index contributed by atoms with van der Waals surface area (Å²) in [6.45, 7) is 0.109. The van der Waals surface area contributed by atoms with Gasteiger partial charge in [-0.05, 0) is 31.5 Å². The second kappa shape index (κ2) is 6.15. The lowest BCUT2D eigenvalue weighted by Gasteiger charge is -2.23. The van der Waals surface area contributed by atoms with E-state index in [9.17, 15) is 13.2 Å². The van der Waals surface area contributed by atoms with Crippen LogP contribution in [0, 0.1) is 0 Å². The molecule has 1 aliphatic heterocycles. The molecule has 1 aliphatic rings. The van der Waals surface area contributed by atoms with E-state index in [1.165, 1.54) is 12.4 Å². The Hall–Kier alpha value is -2.16. The number of anilines is 1. The largest absolute Gasteiger partial charge is 0.406 e. The maximum Gasteiger partial charge on any atom is 0.406 e. The van der Waals surface area contributed by atoms with Gasteiger partial charge in [-0.15, -0.1) is 5.10 Å². The molecule has 9 heteroatoms. The summed E-state index contributed by atoms with van der Waals surface area (Å²) in [5.74, 6) is 0.747. The highest BCUT2D eigenvalue weighted by atomic mass is 19.4. The zero-order valence-corrected chi connectivity index (χ0v) is 12.4. The van der Waals surface area contributed by atoms with Crippen LogP contribution in [0.2, 0.25) is 0 Å². The number of alkyl halides is 3. The van der Waals surface area contributed by atoms with Gasteiger partial charge in [-0.3, -0.25) is 4.90 Å². The molecule has 0 aromatic carbocycles. The molecule has 1 fully saturated rings. The Bertz CT molecular complexity index is 651. The van der Waals surface area contributed by atoms with Crippen LogP contribution in [0.1, 0.15) is 30.4 Å². The van der Waals surface area contributed by atoms with Gasteiger partial charge in [0, 0.05) is 12.4 Å². The molecule has 0 saturated carbocycles. The Balaban J connectivity index is 1.74. The third-order valence-electron chi connectivity index (χ3n) is 3.91. The molecule has 3 rings (SSSR count). The van der Waals surface area contributed by atoms with Crippen molar-refractivity contribution in [3.05, 3.63) is 36.0 Å². The number of rotatable bonds is 4. The molecule has 124 valence electrons. The van der Waals surface area contributed by atoms with Gasteiger partial charge in [0.1, 0.15) is 18.2 Å². The molecule has 0 radical (unpaired) electrons. The van der Waals surface area contributed by atoms with E-state index in [4.69, 9.17) is 5.73 Å². The van der Waals surface area contributed by atoms with Crippen molar-refractivity contribution in [1.82, 2.24) is 24.6 Å². The van der Waals surface area contributed by atoms with Crippen molar-refractivity contribution in [2.45, 2.75) is 38.1 Å². The molecule has 0 amide bonds. The maximum absolute atomic E-state index is 12.6. The average Bonchev–Trinajstić information content (AvgIpc) is 3.09. The van der Waals surface area contributed by atoms with Crippen molar-refractivity contribution in [2.75, 3.05) is 12.3 Å². The summed E-state index contributed by atoms with van der Waals surface area (Å²) >= 11 is 0. The second-order valence-electron chi connectivity index (χ2n) is 5.60. The van der Waals surface area contributed by atoms with Crippen LogP contribution >= 0.6 is 0 Å². The first-order valence-electron chi connectivity index (χ1n) is 7.32. The molecular formula is C14H17F3N6. The van der Waals surface area contributed by atoms with Crippen LogP contribution in [-0.2, 0) is 13.1 Å². The van der Waals surface area contributed by atoms with Crippen LogP contribution in [0.3, 0.4) is 0 Å². The normalized spacial score (nSPS) is 19.3. The van der Waals surface area contributed by atoms with Crippen molar-refractivity contribution < 1.29 is 13.2 Å². The van der Waals surface area contributed by atoms with Gasteiger partial charge in [0.05, 0.1) is 18.3 Å². The molecule has 2 N–H and O–H groups in total. The van der Waals surface area contributed by atoms with Gasteiger partial charge in [-0.25, -0.2) is 4.98 Å². The number of hydrogen-bond donors (Lipinski definition) is 1. The number of halogens is 3. The Morgan fingerprint density at radius 1 is 1.26 bits per heavy atom. The van der Waals surface area contributed by atoms with Crippen molar-refractivity contribution in [2.24, 2.45) is 0 Å². The van der Waals surface area contributed by atoms with Gasteiger partial charge < -0.3 is 10.3 Å². The number of hydrogen-bond acceptors (Lipinski definition) is 5. The predicted molar refractivity (Wildman–Crippen MR) is 77.1 cm³/mol. The van der Waals surface area contributed by atoms with E-state index in [1.54, 1.807) is 6.07 Å². The molecular weight excluding hydrogens is 309 g/mol. The fourth-order valence-corrected chi connectivity index (χ4v) is 2.89. The van der Waals surface area contributed by atoms with Gasteiger partial charge in [0.15, 0.2) is 0 Å². The summed E-state index contributed by atoms with van der Waals surface area (Å²) in [5, 5.41) is 7.95. The second-order valence-corrected chi connectivity index (χ2v) is 5.60. The minimum absolute atomic E-state index is 0.0270. The third kappa shape index (κ3) is 3.79. The van der Waals surface area contributed by atoms with Gasteiger partial charge in [0.2, 0.25) is 0 Å². The summed E-state index contributed by atoms with van der Waals surface area (Å²) < 4.78 is 38.9. The zero-order valence-electron chi connectivity index (χ0n) is 12.4. The van der Waals surface area contributed by atoms with Crippen molar-refractivity contribution >= 4 is 5.82 Å². The molecule has 1 atom stereocenters. The highest BCUT2D eigenvalue weighted by Crippen LogP contribution is 2.32. The van der Waals surface area contributed by atoms with Crippen molar-refractivity contribution in [1.29, 1.82) is 0 Å². The van der Waals surface area contributed by atoms with Gasteiger partial charge in [-0.1, -0.05) is 0 Å². The number of likely N-dealkylation sites (tertiary alicyclic amines) is 1. The van der Waals surface area contributed by atoms with E-state index in [1.807, 2.05) is 6.07 Å². The first kappa shape index (κ1) is 15.7. The number of aromatic nitrogens is 4. The standard InChI is InChI=1S/C14H17F3N6/c15-14(16,17)9-23-7-5-19-13(23)8-22-6-1-2-11(22)10-3-4-12(18)21-20-10/h3-5,7,11H,1-2,6,8-9H2,(H2,18,21). The molecule has 1 saturated heterocycles. The van der Waals surface area contributed by atoms with Crippen LogP contribution in [0.15, 0.2) is 24.5 Å². The number of nitrogens with two attached hydrogens (primary N) is 1. The van der Waals surface area contributed by atoms with Crippen LogP contribution in [0.5, 0.6) is 0 Å². The van der Waals surface area contributed by atoms with Crippen molar-refractivity contribution in [3.63, 3.8) is 0 Å². The monoisotopic (exact) mass is 326 g/mol. The molecule has 2 aromatic rings. The quantitative estimate of drug-likeness (QED) is 0.932. The smallest absolute Gasteiger partial charge is 0.382 e. The average molecular weight is 326 g/mol. The molecule has 6 nitrogen and oxygen atoms in total. The van der Waals surface area contributed by atoms with Gasteiger partial charge in [0.25, 0.3) is 0 Å².